The number of aromatic nitrogens is 1. The molecule has 3 rings (SSSR count). The number of nitrogens with one attached hydrogen (secondary N) is 1. The number of aliphatic hydroxyl groups excluding tert-OH is 1. The Bertz CT molecular complexity index is 1110. The van der Waals surface area contributed by atoms with Gasteiger partial charge in [-0.2, -0.15) is 9.41 Å². The maximum atomic E-state index is 12.8. The van der Waals surface area contributed by atoms with Crippen molar-refractivity contribution in [2.24, 2.45) is 5.10 Å². The molecule has 0 saturated carbocycles. The fourth-order valence-electron chi connectivity index (χ4n) is 2.94. The molecule has 1 aromatic heterocycles. The van der Waals surface area contributed by atoms with Crippen LogP contribution in [0.15, 0.2) is 34.4 Å². The number of sulfonamides is 1. The Morgan fingerprint density at radius 2 is 2.10 bits per heavy atom. The summed E-state index contributed by atoms with van der Waals surface area (Å²) in [5.74, 6) is -0.182. The fraction of sp³-hybridized carbons (Fsp3) is 0.333. The van der Waals surface area contributed by atoms with Gasteiger partial charge >= 0.3 is 0 Å². The van der Waals surface area contributed by atoms with Crippen molar-refractivity contribution >= 4 is 27.6 Å². The first-order valence-corrected chi connectivity index (χ1v) is 10.6. The van der Waals surface area contributed by atoms with Gasteiger partial charge in [-0.25, -0.2) is 8.42 Å². The molecule has 0 bridgehead atoms. The molecule has 12 nitrogen and oxygen atoms in total. The first-order chi connectivity index (χ1) is 14.8. The van der Waals surface area contributed by atoms with Crippen molar-refractivity contribution in [3.05, 3.63) is 51.3 Å². The van der Waals surface area contributed by atoms with Crippen LogP contribution >= 0.6 is 0 Å². The third kappa shape index (κ3) is 4.80. The van der Waals surface area contributed by atoms with Crippen molar-refractivity contribution in [3.63, 3.8) is 0 Å². The SMILES string of the molecule is Cc1ncc(CO)c(C=NNc2ccc(S(=O)(=O)N3CCOCC3)cc2[N+](=O)[O-])c1O. The Hall–Kier alpha value is -3.13. The van der Waals surface area contributed by atoms with Gasteiger partial charge in [0, 0.05) is 36.5 Å². The Balaban J connectivity index is 1.89. The zero-order valence-corrected chi connectivity index (χ0v) is 17.4. The quantitative estimate of drug-likeness (QED) is 0.315. The highest BCUT2D eigenvalue weighted by Gasteiger charge is 2.28. The number of hydrazone groups is 1. The molecule has 0 aliphatic carbocycles. The maximum absolute atomic E-state index is 12.8. The van der Waals surface area contributed by atoms with Crippen LogP contribution in [0.3, 0.4) is 0 Å². The molecular weight excluding hydrogens is 430 g/mol. The Kier molecular flexibility index (Phi) is 6.80. The zero-order valence-electron chi connectivity index (χ0n) is 16.6. The minimum atomic E-state index is -3.90. The Morgan fingerprint density at radius 1 is 1.39 bits per heavy atom. The van der Waals surface area contributed by atoms with E-state index in [0.29, 0.717) is 11.3 Å². The van der Waals surface area contributed by atoms with Crippen LogP contribution in [-0.2, 0) is 21.4 Å². The third-order valence-electron chi connectivity index (χ3n) is 4.68. The lowest BCUT2D eigenvalue weighted by Crippen LogP contribution is -2.40. The molecule has 2 aromatic rings. The minimum absolute atomic E-state index is 0.0435. The van der Waals surface area contributed by atoms with Crippen LogP contribution in [0.2, 0.25) is 0 Å². The third-order valence-corrected chi connectivity index (χ3v) is 6.58. The predicted molar refractivity (Wildman–Crippen MR) is 110 cm³/mol. The molecule has 3 N–H and O–H groups in total. The molecule has 0 radical (unpaired) electrons. The summed E-state index contributed by atoms with van der Waals surface area (Å²) in [6.45, 7) is 2.03. The van der Waals surface area contributed by atoms with E-state index in [1.165, 1.54) is 28.8 Å². The summed E-state index contributed by atoms with van der Waals surface area (Å²) in [4.78, 5) is 14.5. The number of ether oxygens (including phenoxy) is 1. The average Bonchev–Trinajstić information content (AvgIpc) is 2.77. The van der Waals surface area contributed by atoms with Gasteiger partial charge in [-0.15, -0.1) is 0 Å². The maximum Gasteiger partial charge on any atom is 0.295 e. The van der Waals surface area contributed by atoms with Gasteiger partial charge in [0.25, 0.3) is 5.69 Å². The van der Waals surface area contributed by atoms with Gasteiger partial charge in [0.1, 0.15) is 11.4 Å². The summed E-state index contributed by atoms with van der Waals surface area (Å²) >= 11 is 0. The number of morpholine rings is 1. The van der Waals surface area contributed by atoms with E-state index >= 15 is 0 Å². The van der Waals surface area contributed by atoms with Crippen molar-refractivity contribution < 1.29 is 28.3 Å². The Labute approximate surface area is 178 Å². The monoisotopic (exact) mass is 451 g/mol. The number of aromatic hydroxyl groups is 1. The molecule has 1 aliphatic heterocycles. The van der Waals surface area contributed by atoms with Crippen molar-refractivity contribution in [1.82, 2.24) is 9.29 Å². The molecule has 1 aromatic carbocycles. The summed E-state index contributed by atoms with van der Waals surface area (Å²) in [6, 6.07) is 3.46. The summed E-state index contributed by atoms with van der Waals surface area (Å²) in [5.41, 5.74) is 2.80. The van der Waals surface area contributed by atoms with Crippen LogP contribution in [0.5, 0.6) is 5.75 Å². The molecule has 0 spiro atoms. The first-order valence-electron chi connectivity index (χ1n) is 9.19. The van der Waals surface area contributed by atoms with Crippen LogP contribution in [-0.4, -0.2) is 65.4 Å². The first kappa shape index (κ1) is 22.6. The number of aryl methyl sites for hydroxylation is 1. The average molecular weight is 451 g/mol. The molecule has 0 amide bonds. The van der Waals surface area contributed by atoms with Crippen LogP contribution in [0.1, 0.15) is 16.8 Å². The van der Waals surface area contributed by atoms with Gasteiger partial charge in [-0.3, -0.25) is 20.5 Å². The Morgan fingerprint density at radius 3 is 2.74 bits per heavy atom. The van der Waals surface area contributed by atoms with Gasteiger partial charge < -0.3 is 14.9 Å². The van der Waals surface area contributed by atoms with Crippen molar-refractivity contribution in [3.8, 4) is 5.75 Å². The van der Waals surface area contributed by atoms with E-state index in [2.05, 4.69) is 15.5 Å². The van der Waals surface area contributed by atoms with E-state index in [-0.39, 0.29) is 48.2 Å². The van der Waals surface area contributed by atoms with E-state index in [9.17, 15) is 28.7 Å². The highest BCUT2D eigenvalue weighted by molar-refractivity contribution is 7.89. The van der Waals surface area contributed by atoms with E-state index in [4.69, 9.17) is 4.74 Å². The molecule has 1 saturated heterocycles. The van der Waals surface area contributed by atoms with Crippen LogP contribution in [0, 0.1) is 17.0 Å². The molecular formula is C18H21N5O7S. The number of nitro groups is 1. The van der Waals surface area contributed by atoms with Crippen molar-refractivity contribution in [2.75, 3.05) is 31.7 Å². The number of nitrogens with zero attached hydrogens (tertiary/aromatic N) is 4. The summed E-state index contributed by atoms with van der Waals surface area (Å²) < 4.78 is 31.9. The number of hydrogen-bond donors (Lipinski definition) is 3. The molecule has 0 unspecified atom stereocenters. The van der Waals surface area contributed by atoms with Crippen LogP contribution in [0.25, 0.3) is 0 Å². The second-order valence-electron chi connectivity index (χ2n) is 6.61. The van der Waals surface area contributed by atoms with E-state index in [0.717, 1.165) is 6.07 Å². The van der Waals surface area contributed by atoms with Crippen molar-refractivity contribution in [1.29, 1.82) is 0 Å². The van der Waals surface area contributed by atoms with Gasteiger partial charge in [0.05, 0.1) is 41.5 Å². The lowest BCUT2D eigenvalue weighted by atomic mass is 10.1. The zero-order chi connectivity index (χ0) is 22.6. The van der Waals surface area contributed by atoms with E-state index in [1.807, 2.05) is 0 Å². The standard InChI is InChI=1S/C18H21N5O7S/c1-12-18(25)15(13(11-24)9-19-12)10-20-21-16-3-2-14(8-17(16)23(26)27)31(28,29)22-4-6-30-7-5-22/h2-3,8-10,21,24-25H,4-7,11H2,1H3. The molecule has 1 fully saturated rings. The minimum Gasteiger partial charge on any atom is -0.505 e. The second kappa shape index (κ2) is 9.34. The van der Waals surface area contributed by atoms with E-state index < -0.39 is 27.2 Å². The van der Waals surface area contributed by atoms with Crippen LogP contribution in [0.4, 0.5) is 11.4 Å². The smallest absolute Gasteiger partial charge is 0.295 e. The normalized spacial score (nSPS) is 15.3. The number of benzene rings is 1. The fourth-order valence-corrected chi connectivity index (χ4v) is 4.37. The predicted octanol–water partition coefficient (Wildman–Crippen LogP) is 0.963. The number of nitro benzene ring substituents is 1. The summed E-state index contributed by atoms with van der Waals surface area (Å²) in [5, 5.41) is 34.9. The van der Waals surface area contributed by atoms with Gasteiger partial charge in [-0.05, 0) is 19.1 Å². The number of aliphatic hydroxyl groups is 1. The number of anilines is 1. The van der Waals surface area contributed by atoms with Crippen LogP contribution < -0.4 is 5.43 Å². The number of pyridine rings is 1. The van der Waals surface area contributed by atoms with Gasteiger partial charge in [0.2, 0.25) is 10.0 Å². The molecule has 166 valence electrons. The lowest BCUT2D eigenvalue weighted by Gasteiger charge is -2.26. The second-order valence-corrected chi connectivity index (χ2v) is 8.55. The largest absolute Gasteiger partial charge is 0.505 e. The molecule has 1 aliphatic rings. The highest BCUT2D eigenvalue weighted by Crippen LogP contribution is 2.29. The summed E-state index contributed by atoms with van der Waals surface area (Å²) in [6.07, 6.45) is 2.57. The van der Waals surface area contributed by atoms with Gasteiger partial charge in [-0.1, -0.05) is 0 Å². The number of rotatable bonds is 7. The molecule has 31 heavy (non-hydrogen) atoms. The number of hydrogen-bond acceptors (Lipinski definition) is 10. The summed E-state index contributed by atoms with van der Waals surface area (Å²) in [7, 11) is -3.90. The molecule has 2 heterocycles. The molecule has 0 atom stereocenters. The lowest BCUT2D eigenvalue weighted by molar-refractivity contribution is -0.384. The van der Waals surface area contributed by atoms with E-state index in [1.54, 1.807) is 6.92 Å². The highest BCUT2D eigenvalue weighted by atomic mass is 32.2. The topological polar surface area (TPSA) is 167 Å². The molecule has 13 heteroatoms. The van der Waals surface area contributed by atoms with Gasteiger partial charge in [0.15, 0.2) is 0 Å². The van der Waals surface area contributed by atoms with Crippen molar-refractivity contribution in [2.45, 2.75) is 18.4 Å².